The van der Waals surface area contributed by atoms with Gasteiger partial charge in [0.15, 0.2) is 0 Å². The molecule has 1 aliphatic rings. The number of hydrogen-bond donors (Lipinski definition) is 1. The summed E-state index contributed by atoms with van der Waals surface area (Å²) in [5.74, 6) is 0.906. The quantitative estimate of drug-likeness (QED) is 0.892. The van der Waals surface area contributed by atoms with E-state index in [4.69, 9.17) is 4.74 Å². The summed E-state index contributed by atoms with van der Waals surface area (Å²) in [4.78, 5) is 2.40. The molecule has 1 N–H and O–H groups in total. The van der Waals surface area contributed by atoms with Crippen molar-refractivity contribution >= 4 is 0 Å². The average molecular weight is 249 g/mol. The molecule has 100 valence electrons. The van der Waals surface area contributed by atoms with Crippen LogP contribution in [0, 0.1) is 5.41 Å². The number of hydrogen-bond acceptors (Lipinski definition) is 3. The van der Waals surface area contributed by atoms with Crippen LogP contribution >= 0.6 is 0 Å². The molecule has 3 heteroatoms. The number of nitrogens with zero attached hydrogens (tertiary/aromatic N) is 1. The van der Waals surface area contributed by atoms with E-state index in [1.165, 1.54) is 5.56 Å². The highest BCUT2D eigenvalue weighted by atomic mass is 16.5. The molecule has 1 aromatic rings. The van der Waals surface area contributed by atoms with Gasteiger partial charge < -0.3 is 9.84 Å². The second kappa shape index (κ2) is 5.29. The zero-order valence-electron chi connectivity index (χ0n) is 11.5. The van der Waals surface area contributed by atoms with Crippen LogP contribution in [-0.4, -0.2) is 36.3 Å². The lowest BCUT2D eigenvalue weighted by atomic mass is 9.81. The molecule has 0 bridgehead atoms. The zero-order chi connectivity index (χ0) is 13.2. The highest BCUT2D eigenvalue weighted by molar-refractivity contribution is 5.28. The third kappa shape index (κ3) is 3.03. The minimum Gasteiger partial charge on any atom is -0.497 e. The van der Waals surface area contributed by atoms with E-state index >= 15 is 0 Å². The van der Waals surface area contributed by atoms with E-state index in [0.717, 1.165) is 31.8 Å². The molecule has 1 aliphatic heterocycles. The maximum Gasteiger partial charge on any atom is 0.119 e. The minimum absolute atomic E-state index is 0.0167. The van der Waals surface area contributed by atoms with E-state index in [1.807, 2.05) is 12.1 Å². The van der Waals surface area contributed by atoms with Gasteiger partial charge in [0.25, 0.3) is 0 Å². The number of methoxy groups -OCH3 is 1. The van der Waals surface area contributed by atoms with Crippen LogP contribution in [0.4, 0.5) is 0 Å². The SMILES string of the molecule is COc1cccc(CN2CCC(O)C(C)(C)C2)c1. The van der Waals surface area contributed by atoms with Crippen molar-refractivity contribution < 1.29 is 9.84 Å². The molecule has 1 unspecified atom stereocenters. The van der Waals surface area contributed by atoms with Crippen LogP contribution in [-0.2, 0) is 6.54 Å². The highest BCUT2D eigenvalue weighted by Crippen LogP contribution is 2.30. The molecule has 0 spiro atoms. The second-order valence-electron chi connectivity index (χ2n) is 5.86. The normalized spacial score (nSPS) is 23.9. The van der Waals surface area contributed by atoms with Gasteiger partial charge in [-0.2, -0.15) is 0 Å². The van der Waals surface area contributed by atoms with Crippen LogP contribution in [0.15, 0.2) is 24.3 Å². The van der Waals surface area contributed by atoms with Crippen LogP contribution in [0.2, 0.25) is 0 Å². The minimum atomic E-state index is -0.181. The number of aliphatic hydroxyl groups excluding tert-OH is 1. The number of rotatable bonds is 3. The van der Waals surface area contributed by atoms with Gasteiger partial charge in [0.1, 0.15) is 5.75 Å². The first-order valence-electron chi connectivity index (χ1n) is 6.54. The van der Waals surface area contributed by atoms with Crippen molar-refractivity contribution in [3.8, 4) is 5.75 Å². The first-order chi connectivity index (χ1) is 8.51. The van der Waals surface area contributed by atoms with Gasteiger partial charge in [-0.15, -0.1) is 0 Å². The van der Waals surface area contributed by atoms with Crippen LogP contribution in [0.1, 0.15) is 25.8 Å². The molecular weight excluding hydrogens is 226 g/mol. The molecule has 0 aliphatic carbocycles. The van der Waals surface area contributed by atoms with E-state index in [0.29, 0.717) is 0 Å². The molecule has 1 atom stereocenters. The number of ether oxygens (including phenoxy) is 1. The maximum absolute atomic E-state index is 9.96. The summed E-state index contributed by atoms with van der Waals surface area (Å²) in [5, 5.41) is 9.96. The van der Waals surface area contributed by atoms with Crippen molar-refractivity contribution in [1.82, 2.24) is 4.90 Å². The van der Waals surface area contributed by atoms with Gasteiger partial charge in [0.05, 0.1) is 13.2 Å². The lowest BCUT2D eigenvalue weighted by Crippen LogP contribution is -2.48. The van der Waals surface area contributed by atoms with Crippen molar-refractivity contribution in [2.24, 2.45) is 5.41 Å². The van der Waals surface area contributed by atoms with Crippen molar-refractivity contribution in [2.45, 2.75) is 32.9 Å². The van der Waals surface area contributed by atoms with Gasteiger partial charge in [-0.05, 0) is 24.1 Å². The molecule has 0 radical (unpaired) electrons. The van der Waals surface area contributed by atoms with Gasteiger partial charge in [0.2, 0.25) is 0 Å². The lowest BCUT2D eigenvalue weighted by Gasteiger charge is -2.41. The molecule has 1 aromatic carbocycles. The summed E-state index contributed by atoms with van der Waals surface area (Å²) < 4.78 is 5.24. The van der Waals surface area contributed by atoms with E-state index in [1.54, 1.807) is 7.11 Å². The summed E-state index contributed by atoms with van der Waals surface area (Å²) in [5.41, 5.74) is 1.25. The Labute approximate surface area is 109 Å². The number of aliphatic hydroxyl groups is 1. The summed E-state index contributed by atoms with van der Waals surface area (Å²) >= 11 is 0. The van der Waals surface area contributed by atoms with Crippen LogP contribution in [0.5, 0.6) is 5.75 Å². The molecule has 0 saturated carbocycles. The van der Waals surface area contributed by atoms with Crippen LogP contribution in [0.3, 0.4) is 0 Å². The first-order valence-corrected chi connectivity index (χ1v) is 6.54. The average Bonchev–Trinajstić information content (AvgIpc) is 2.34. The van der Waals surface area contributed by atoms with E-state index in [-0.39, 0.29) is 11.5 Å². The Bertz CT molecular complexity index is 403. The fourth-order valence-corrected chi connectivity index (χ4v) is 2.62. The summed E-state index contributed by atoms with van der Waals surface area (Å²) in [6, 6.07) is 8.20. The zero-order valence-corrected chi connectivity index (χ0v) is 11.5. The topological polar surface area (TPSA) is 32.7 Å². The molecule has 0 aromatic heterocycles. The third-order valence-electron chi connectivity index (χ3n) is 3.79. The lowest BCUT2D eigenvalue weighted by molar-refractivity contribution is -0.0270. The summed E-state index contributed by atoms with van der Waals surface area (Å²) in [6.45, 7) is 7.09. The van der Waals surface area contributed by atoms with E-state index < -0.39 is 0 Å². The Balaban J connectivity index is 2.01. The largest absolute Gasteiger partial charge is 0.497 e. The molecule has 1 fully saturated rings. The standard InChI is InChI=1S/C15H23NO2/c1-15(2)11-16(8-7-14(15)17)10-12-5-4-6-13(9-12)18-3/h4-6,9,14,17H,7-8,10-11H2,1-3H3. The van der Waals surface area contributed by atoms with Crippen LogP contribution < -0.4 is 4.74 Å². The number of benzene rings is 1. The van der Waals surface area contributed by atoms with Crippen molar-refractivity contribution in [1.29, 1.82) is 0 Å². The highest BCUT2D eigenvalue weighted by Gasteiger charge is 2.34. The molecule has 1 heterocycles. The molecule has 0 amide bonds. The maximum atomic E-state index is 9.96. The predicted octanol–water partition coefficient (Wildman–Crippen LogP) is 2.29. The van der Waals surface area contributed by atoms with Gasteiger partial charge in [-0.25, -0.2) is 0 Å². The van der Waals surface area contributed by atoms with Crippen molar-refractivity contribution in [2.75, 3.05) is 20.2 Å². The fourth-order valence-electron chi connectivity index (χ4n) is 2.62. The molecular formula is C15H23NO2. The summed E-state index contributed by atoms with van der Waals surface area (Å²) in [7, 11) is 1.69. The Morgan fingerprint density at radius 1 is 1.44 bits per heavy atom. The fraction of sp³-hybridized carbons (Fsp3) is 0.600. The van der Waals surface area contributed by atoms with Gasteiger partial charge in [-0.1, -0.05) is 26.0 Å². The van der Waals surface area contributed by atoms with Crippen LogP contribution in [0.25, 0.3) is 0 Å². The first kappa shape index (κ1) is 13.4. The predicted molar refractivity (Wildman–Crippen MR) is 72.7 cm³/mol. The number of piperidine rings is 1. The molecule has 2 rings (SSSR count). The molecule has 18 heavy (non-hydrogen) atoms. The monoisotopic (exact) mass is 249 g/mol. The second-order valence-corrected chi connectivity index (χ2v) is 5.86. The van der Waals surface area contributed by atoms with E-state index in [9.17, 15) is 5.11 Å². The Morgan fingerprint density at radius 2 is 2.22 bits per heavy atom. The van der Waals surface area contributed by atoms with E-state index in [2.05, 4.69) is 30.9 Å². The van der Waals surface area contributed by atoms with Gasteiger partial charge >= 0.3 is 0 Å². The Kier molecular flexibility index (Phi) is 3.93. The van der Waals surface area contributed by atoms with Crippen molar-refractivity contribution in [3.05, 3.63) is 29.8 Å². The van der Waals surface area contributed by atoms with Crippen molar-refractivity contribution in [3.63, 3.8) is 0 Å². The summed E-state index contributed by atoms with van der Waals surface area (Å²) in [6.07, 6.45) is 0.677. The third-order valence-corrected chi connectivity index (χ3v) is 3.79. The smallest absolute Gasteiger partial charge is 0.119 e. The molecule has 3 nitrogen and oxygen atoms in total. The Hall–Kier alpha value is -1.06. The molecule has 1 saturated heterocycles. The number of likely N-dealkylation sites (tertiary alicyclic amines) is 1. The van der Waals surface area contributed by atoms with Gasteiger partial charge in [0, 0.05) is 25.0 Å². The Morgan fingerprint density at radius 3 is 2.89 bits per heavy atom. The van der Waals surface area contributed by atoms with Gasteiger partial charge in [-0.3, -0.25) is 4.90 Å².